The summed E-state index contributed by atoms with van der Waals surface area (Å²) in [6.07, 6.45) is -76.5. The molecule has 844 valence electrons. The molecule has 0 aromatic heterocycles. The molecule has 46 unspecified atom stereocenters. The van der Waals surface area contributed by atoms with Crippen molar-refractivity contribution in [2.75, 3.05) is 51.9 Å². The van der Waals surface area contributed by atoms with E-state index in [4.69, 9.17) is 95.1 Å². The Labute approximate surface area is 855 Å². The van der Waals surface area contributed by atoms with E-state index in [1.807, 2.05) is 27.7 Å². The molecule has 0 spiro atoms. The SMILES string of the molecule is CC(=O)OC1C(C)OC(OC2C(C)OC(OC(=O)[C@]34CCC(C)(C)CC3C3=CCC5[C@@]6(C)CC[C@H](OC7OC(C(=O)O)C(O)C(OC8OCC(O)C(O)C8O)C7OC7OC(CO)C(O)C(O)C7O)CC6[C@@](C)(/C=N/NC(=O)CCCCCN6C(=O)CC(SCCO)C6=O)C[C@@]5(C)[C@]3(C)C[C@H]4O)C(OC3OC(C)C(OC4OCC(O)C(OC5OC(CO)C(O)C(O)C5O)C4O)C(O)C3O)C2O)C(O)C1OC1OCC(O)C(O)C1O. The van der Waals surface area contributed by atoms with Gasteiger partial charge < -0.3 is 213 Å². The predicted molar refractivity (Wildman–Crippen MR) is 489 cm³/mol. The highest BCUT2D eigenvalue weighted by molar-refractivity contribution is 8.00. The van der Waals surface area contributed by atoms with Crippen LogP contribution in [0.1, 0.15) is 159 Å². The lowest BCUT2D eigenvalue weighted by atomic mass is 9.31. The van der Waals surface area contributed by atoms with Gasteiger partial charge in [0, 0.05) is 43.7 Å². The lowest BCUT2D eigenvalue weighted by Gasteiger charge is -2.72. The van der Waals surface area contributed by atoms with Crippen LogP contribution in [0.4, 0.5) is 0 Å². The summed E-state index contributed by atoms with van der Waals surface area (Å²) < 4.78 is 116. The van der Waals surface area contributed by atoms with Crippen LogP contribution in [-0.4, -0.2) is 497 Å². The molecule has 3 amide bonds. The van der Waals surface area contributed by atoms with E-state index in [0.29, 0.717) is 25.7 Å². The summed E-state index contributed by atoms with van der Waals surface area (Å²) in [5.74, 6) is -6.57. The number of likely N-dealkylation sites (tertiary alicyclic amines) is 1. The molecule has 0 aromatic carbocycles. The van der Waals surface area contributed by atoms with Gasteiger partial charge in [-0.2, -0.15) is 5.10 Å². The van der Waals surface area contributed by atoms with E-state index in [1.165, 1.54) is 37.4 Å². The standard InChI is InChI=1S/C95H149N3O49S/c1-35-69(139-82-67(123)72(44(105)32-131-82)141-84-62(118)57(113)55(111)45(28-100)137-84)59(115)64(120)83(132-35)145-76-65(121)70(140-86-68(124)74(71(37(3)133-86)135-38(4)102)143-81-61(117)54(110)43(104)31-130-81)36(2)134-87(76)147-89(128)95-20-19-90(5,6)26-41(95)40-15-16-48-92(8)18-17-39(136-88-77(146-85-63(119)58(114)56(112)46(29-101)138-85)73(66(122)75(144-88)79(126)127)142-80-60(116)53(109)42(103)30-129-80)24-49(92)91(7,33-94(48,10)93(40,9)27-50(95)106)34-96-97-51(107)14-12-11-13-21-98-52(108)25-47(78(98)125)148-23-22-99/h15,34-37,39,41-50,53-77,80-88,99-101,103-106,109-124H,11-14,16-33H2,1-10H3,(H,97,107)(H,126,127)/b96-34+/t35?,36?,37?,39-,41?,42?,43?,44?,45?,46?,47?,48?,49?,50+,53?,54?,55?,56?,57?,58?,59?,60?,61?,62?,63?,64?,65?,66?,67?,68?,69?,70?,71?,72?,73?,74?,75?,76?,77?,80?,81?,82?,83?,84?,85?,86?,87?,88?,91+,92+,93+,94+,95+/m0/s1. The van der Waals surface area contributed by atoms with Crippen molar-refractivity contribution in [3.05, 3.63) is 11.6 Å². The van der Waals surface area contributed by atoms with Gasteiger partial charge in [-0.15, -0.1) is 11.8 Å². The quantitative estimate of drug-likeness (QED) is 0.00552. The third kappa shape index (κ3) is 22.9. The average Bonchev–Trinajstić information content (AvgIpc) is 0.689. The molecule has 4 saturated carbocycles. The molecule has 52 nitrogen and oxygen atoms in total. The predicted octanol–water partition coefficient (Wildman–Crippen LogP) is -8.78. The van der Waals surface area contributed by atoms with E-state index in [2.05, 4.69) is 25.3 Å². The number of allylic oxidation sites excluding steroid dienone is 2. The van der Waals surface area contributed by atoms with Gasteiger partial charge in [-0.1, -0.05) is 59.6 Å². The Hall–Kier alpha value is -4.82. The Morgan fingerprint density at radius 2 is 1.01 bits per heavy atom. The number of hydrogen-bond acceptors (Lipinski definition) is 50. The van der Waals surface area contributed by atoms with E-state index in [0.717, 1.165) is 12.5 Å². The number of ether oxygens (including phenoxy) is 19. The number of aliphatic hydroxyl groups is 23. The summed E-state index contributed by atoms with van der Waals surface area (Å²) in [6.45, 7) is 13.5. The third-order valence-electron chi connectivity index (χ3n) is 33.8. The molecule has 0 bridgehead atoms. The van der Waals surface area contributed by atoms with Crippen LogP contribution in [0.3, 0.4) is 0 Å². The van der Waals surface area contributed by atoms with Gasteiger partial charge in [-0.3, -0.25) is 28.9 Å². The van der Waals surface area contributed by atoms with Crippen LogP contribution in [0.25, 0.3) is 0 Å². The number of carbonyl (C=O) groups is 6. The number of hydrazone groups is 1. The maximum Gasteiger partial charge on any atom is 0.335 e. The largest absolute Gasteiger partial charge is 0.479 e. The number of amides is 3. The Kier molecular flexibility index (Phi) is 37.3. The molecule has 148 heavy (non-hydrogen) atoms. The number of aliphatic hydroxyl groups excluding tert-OH is 23. The summed E-state index contributed by atoms with van der Waals surface area (Å²) >= 11 is 1.19. The maximum atomic E-state index is 16.7. The van der Waals surface area contributed by atoms with E-state index >= 15 is 4.79 Å². The molecule has 53 atom stereocenters. The lowest BCUT2D eigenvalue weighted by Crippen LogP contribution is -2.70. The second kappa shape index (κ2) is 47.1. The van der Waals surface area contributed by atoms with Gasteiger partial charge in [-0.25, -0.2) is 10.2 Å². The second-order valence-electron chi connectivity index (χ2n) is 44.1. The van der Waals surface area contributed by atoms with Crippen LogP contribution in [-0.2, 0) is 119 Å². The number of fused-ring (bicyclic) bond motifs is 7. The Balaban J connectivity index is 0.737. The van der Waals surface area contributed by atoms with Crippen molar-refractivity contribution in [1.29, 1.82) is 0 Å². The zero-order valence-electron chi connectivity index (χ0n) is 83.7. The van der Waals surface area contributed by atoms with Gasteiger partial charge in [0.25, 0.3) is 0 Å². The highest BCUT2D eigenvalue weighted by Gasteiger charge is 2.75. The minimum Gasteiger partial charge on any atom is -0.479 e. The molecule has 25 N–H and O–H groups in total. The highest BCUT2D eigenvalue weighted by Crippen LogP contribution is 2.77. The number of carboxylic acid groups (broad SMARTS) is 1. The van der Waals surface area contributed by atoms with Crippen molar-refractivity contribution in [2.45, 2.75) is 435 Å². The van der Waals surface area contributed by atoms with Crippen molar-refractivity contribution < 1.29 is 241 Å². The molecule has 15 aliphatic rings. The Morgan fingerprint density at radius 1 is 0.500 bits per heavy atom. The monoisotopic (exact) mass is 2150 g/mol. The number of unbranched alkanes of at least 4 members (excludes halogenated alkanes) is 2. The number of nitrogens with zero attached hydrogens (tertiary/aromatic N) is 2. The maximum absolute atomic E-state index is 16.7. The smallest absolute Gasteiger partial charge is 0.335 e. The molecule has 53 heteroatoms. The molecule has 0 aromatic rings. The van der Waals surface area contributed by atoms with E-state index < -0.39 is 377 Å². The molecule has 5 aliphatic carbocycles. The van der Waals surface area contributed by atoms with E-state index in [9.17, 15) is 147 Å². The molecule has 0 radical (unpaired) electrons. The summed E-state index contributed by atoms with van der Waals surface area (Å²) in [7, 11) is 0. The number of carbonyl (C=O) groups excluding carboxylic acids is 5. The van der Waals surface area contributed by atoms with Crippen molar-refractivity contribution in [3.63, 3.8) is 0 Å². The van der Waals surface area contributed by atoms with Gasteiger partial charge in [0.15, 0.2) is 68.6 Å². The summed E-state index contributed by atoms with van der Waals surface area (Å²) in [4.78, 5) is 84.2. The molecule has 14 fully saturated rings. The Bertz CT molecular complexity index is 4580. The van der Waals surface area contributed by atoms with Crippen LogP contribution >= 0.6 is 11.8 Å². The number of esters is 2. The lowest BCUT2D eigenvalue weighted by molar-refractivity contribution is -0.392. The zero-order chi connectivity index (χ0) is 108. The fraction of sp³-hybridized carbons (Fsp3) is 0.905. The number of thioether (sulfide) groups is 1. The molecular formula is C95H149N3O49S. The molecule has 10 aliphatic heterocycles. The number of hydrogen-bond donors (Lipinski definition) is 25. The number of nitrogens with one attached hydrogen (secondary N) is 1. The second-order valence-corrected chi connectivity index (χ2v) is 45.4. The van der Waals surface area contributed by atoms with Gasteiger partial charge in [0.05, 0.1) is 75.4 Å². The minimum absolute atomic E-state index is 0.00411. The molecule has 15 rings (SSSR count). The summed E-state index contributed by atoms with van der Waals surface area (Å²) in [5, 5.41) is 273. The minimum atomic E-state index is -2.29. The normalized spacial score (nSPS) is 49.9. The van der Waals surface area contributed by atoms with Crippen LogP contribution in [0.5, 0.6) is 0 Å². The van der Waals surface area contributed by atoms with E-state index in [1.54, 1.807) is 6.21 Å². The van der Waals surface area contributed by atoms with Crippen LogP contribution in [0.2, 0.25) is 0 Å². The first kappa shape index (κ1) is 117. The van der Waals surface area contributed by atoms with Crippen LogP contribution in [0.15, 0.2) is 16.8 Å². The first-order valence-electron chi connectivity index (χ1n) is 50.8. The number of aliphatic carboxylic acids is 1. The van der Waals surface area contributed by atoms with Crippen molar-refractivity contribution in [1.82, 2.24) is 10.3 Å². The number of carboxylic acids is 1. The number of rotatable bonds is 33. The van der Waals surface area contributed by atoms with Crippen LogP contribution < -0.4 is 5.43 Å². The summed E-state index contributed by atoms with van der Waals surface area (Å²) in [6, 6.07) is 0. The zero-order valence-corrected chi connectivity index (χ0v) is 84.5. The summed E-state index contributed by atoms with van der Waals surface area (Å²) in [5.41, 5.74) is -3.22. The first-order chi connectivity index (χ1) is 69.7. The fourth-order valence-corrected chi connectivity index (χ4v) is 26.5. The molecule has 10 heterocycles. The van der Waals surface area contributed by atoms with Gasteiger partial charge in [0.1, 0.15) is 170 Å². The third-order valence-corrected chi connectivity index (χ3v) is 35.0. The average molecular weight is 2150 g/mol. The topological polar surface area (TPSA) is 791 Å². The first-order valence-corrected chi connectivity index (χ1v) is 51.8. The van der Waals surface area contributed by atoms with Gasteiger partial charge in [0.2, 0.25) is 24.0 Å². The van der Waals surface area contributed by atoms with Gasteiger partial charge >= 0.3 is 17.9 Å². The Morgan fingerprint density at radius 3 is 1.59 bits per heavy atom. The number of imide groups is 1. The fourth-order valence-electron chi connectivity index (χ4n) is 25.6. The van der Waals surface area contributed by atoms with Gasteiger partial charge in [-0.05, 0) is 131 Å². The van der Waals surface area contributed by atoms with Crippen molar-refractivity contribution >= 4 is 53.6 Å². The van der Waals surface area contributed by atoms with Crippen molar-refractivity contribution in [3.8, 4) is 0 Å². The highest BCUT2D eigenvalue weighted by atomic mass is 32.2. The molecule has 10 saturated heterocycles. The van der Waals surface area contributed by atoms with Crippen molar-refractivity contribution in [2.24, 2.45) is 55.3 Å². The van der Waals surface area contributed by atoms with Crippen LogP contribution in [0, 0.1) is 50.2 Å². The van der Waals surface area contributed by atoms with E-state index in [-0.39, 0.29) is 101 Å². The molecular weight excluding hydrogens is 2000 g/mol.